The molecule has 2 aliphatic rings. The van der Waals surface area contributed by atoms with E-state index in [1.54, 1.807) is 0 Å². The monoisotopic (exact) mass is 337 g/mol. The van der Waals surface area contributed by atoms with Crippen molar-refractivity contribution in [3.8, 4) is 0 Å². The number of nitrogens with one attached hydrogen (secondary N) is 3. The van der Waals surface area contributed by atoms with Crippen LogP contribution >= 0.6 is 0 Å². The van der Waals surface area contributed by atoms with Crippen LogP contribution in [-0.2, 0) is 14.4 Å². The summed E-state index contributed by atoms with van der Waals surface area (Å²) in [4.78, 5) is 34.4. The molecule has 6 heteroatoms. The lowest BCUT2D eigenvalue weighted by molar-refractivity contribution is -0.125. The molecule has 0 aromatic heterocycles. The molecule has 0 bridgehead atoms. The number of amides is 3. The van der Waals surface area contributed by atoms with Crippen molar-refractivity contribution < 1.29 is 14.4 Å². The van der Waals surface area contributed by atoms with Crippen molar-refractivity contribution in [3.05, 3.63) is 0 Å². The fourth-order valence-corrected chi connectivity index (χ4v) is 3.80. The molecule has 2 rings (SSSR count). The van der Waals surface area contributed by atoms with Crippen LogP contribution in [0.4, 0.5) is 0 Å². The first-order valence-corrected chi connectivity index (χ1v) is 9.33. The molecule has 2 fully saturated rings. The zero-order chi connectivity index (χ0) is 17.4. The Bertz CT molecular complexity index is 439. The normalized spacial score (nSPS) is 24.4. The van der Waals surface area contributed by atoms with E-state index < -0.39 is 0 Å². The smallest absolute Gasteiger partial charge is 0.239 e. The van der Waals surface area contributed by atoms with Gasteiger partial charge in [0.2, 0.25) is 17.7 Å². The predicted molar refractivity (Wildman–Crippen MR) is 92.2 cm³/mol. The first-order chi connectivity index (χ1) is 11.5. The highest BCUT2D eigenvalue weighted by Gasteiger charge is 2.24. The fraction of sp³-hybridized carbons (Fsp3) is 0.833. The van der Waals surface area contributed by atoms with Crippen molar-refractivity contribution in [1.82, 2.24) is 16.0 Å². The third-order valence-electron chi connectivity index (χ3n) is 5.25. The van der Waals surface area contributed by atoms with Crippen molar-refractivity contribution in [2.45, 2.75) is 70.8 Å². The summed E-state index contributed by atoms with van der Waals surface area (Å²) in [5.74, 6) is 0.944. The molecule has 3 N–H and O–H groups in total. The van der Waals surface area contributed by atoms with Gasteiger partial charge in [-0.1, -0.05) is 12.8 Å². The van der Waals surface area contributed by atoms with Crippen LogP contribution in [0.2, 0.25) is 0 Å². The van der Waals surface area contributed by atoms with Crippen LogP contribution in [-0.4, -0.2) is 36.9 Å². The van der Waals surface area contributed by atoms with Crippen molar-refractivity contribution in [1.29, 1.82) is 0 Å². The van der Waals surface area contributed by atoms with Crippen molar-refractivity contribution >= 4 is 17.7 Å². The minimum absolute atomic E-state index is 0.0436. The summed E-state index contributed by atoms with van der Waals surface area (Å²) >= 11 is 0. The first-order valence-electron chi connectivity index (χ1n) is 9.33. The minimum atomic E-state index is -0.195. The topological polar surface area (TPSA) is 87.3 Å². The van der Waals surface area contributed by atoms with E-state index in [-0.39, 0.29) is 24.3 Å². The van der Waals surface area contributed by atoms with Gasteiger partial charge < -0.3 is 16.0 Å². The van der Waals surface area contributed by atoms with Gasteiger partial charge in [-0.3, -0.25) is 14.4 Å². The van der Waals surface area contributed by atoms with Gasteiger partial charge in [0.1, 0.15) is 0 Å². The summed E-state index contributed by atoms with van der Waals surface area (Å²) in [5, 5.41) is 8.55. The molecule has 136 valence electrons. The Morgan fingerprint density at radius 1 is 0.833 bits per heavy atom. The highest BCUT2D eigenvalue weighted by atomic mass is 16.2. The molecule has 0 aliphatic heterocycles. The minimum Gasteiger partial charge on any atom is -0.354 e. The average molecular weight is 337 g/mol. The Morgan fingerprint density at radius 3 is 2.12 bits per heavy atom. The molecular weight excluding hydrogens is 306 g/mol. The van der Waals surface area contributed by atoms with Crippen LogP contribution in [0.3, 0.4) is 0 Å². The average Bonchev–Trinajstić information content (AvgIpc) is 3.05. The fourth-order valence-electron chi connectivity index (χ4n) is 3.80. The molecule has 0 radical (unpaired) electrons. The molecule has 24 heavy (non-hydrogen) atoms. The summed E-state index contributed by atoms with van der Waals surface area (Å²) in [7, 11) is 0. The second kappa shape index (κ2) is 9.64. The Balaban J connectivity index is 1.56. The SMILES string of the molecule is CC(=O)NCC(=O)NCC1CCC(NC(=O)CC2CCCC2)CC1. The Morgan fingerprint density at radius 2 is 1.50 bits per heavy atom. The zero-order valence-corrected chi connectivity index (χ0v) is 14.7. The van der Waals surface area contributed by atoms with Crippen LogP contribution in [0.1, 0.15) is 64.7 Å². The molecule has 0 saturated heterocycles. The van der Waals surface area contributed by atoms with Gasteiger partial charge in [-0.15, -0.1) is 0 Å². The lowest BCUT2D eigenvalue weighted by Crippen LogP contribution is -2.41. The Labute approximate surface area is 144 Å². The Kier molecular flexibility index (Phi) is 7.53. The van der Waals surface area contributed by atoms with E-state index >= 15 is 0 Å². The number of hydrogen-bond donors (Lipinski definition) is 3. The lowest BCUT2D eigenvalue weighted by atomic mass is 9.86. The number of hydrogen-bond acceptors (Lipinski definition) is 3. The van der Waals surface area contributed by atoms with E-state index in [0.717, 1.165) is 25.7 Å². The van der Waals surface area contributed by atoms with E-state index in [9.17, 15) is 14.4 Å². The molecule has 6 nitrogen and oxygen atoms in total. The van der Waals surface area contributed by atoms with Crippen LogP contribution in [0.15, 0.2) is 0 Å². The molecule has 0 atom stereocenters. The molecule has 3 amide bonds. The van der Waals surface area contributed by atoms with Crippen LogP contribution in [0.25, 0.3) is 0 Å². The molecule has 0 unspecified atom stereocenters. The summed E-state index contributed by atoms with van der Waals surface area (Å²) in [6.45, 7) is 2.10. The van der Waals surface area contributed by atoms with Crippen molar-refractivity contribution in [2.75, 3.05) is 13.1 Å². The maximum Gasteiger partial charge on any atom is 0.239 e. The number of carbonyl (C=O) groups excluding carboxylic acids is 3. The van der Waals surface area contributed by atoms with Gasteiger partial charge in [0.25, 0.3) is 0 Å². The van der Waals surface area contributed by atoms with Gasteiger partial charge in [0, 0.05) is 25.9 Å². The van der Waals surface area contributed by atoms with Crippen LogP contribution in [0.5, 0.6) is 0 Å². The molecule has 0 aromatic carbocycles. The zero-order valence-electron chi connectivity index (χ0n) is 14.7. The first kappa shape index (κ1) is 18.7. The molecule has 2 aliphatic carbocycles. The maximum atomic E-state index is 12.1. The second-order valence-corrected chi connectivity index (χ2v) is 7.35. The van der Waals surface area contributed by atoms with Gasteiger partial charge in [0.05, 0.1) is 6.54 Å². The summed E-state index contributed by atoms with van der Waals surface area (Å²) < 4.78 is 0. The summed E-state index contributed by atoms with van der Waals surface area (Å²) in [6.07, 6.45) is 9.68. The highest BCUT2D eigenvalue weighted by molar-refractivity contribution is 5.83. The van der Waals surface area contributed by atoms with E-state index in [1.807, 2.05) is 0 Å². The van der Waals surface area contributed by atoms with E-state index in [4.69, 9.17) is 0 Å². The van der Waals surface area contributed by atoms with Gasteiger partial charge >= 0.3 is 0 Å². The van der Waals surface area contributed by atoms with E-state index in [2.05, 4.69) is 16.0 Å². The number of rotatable bonds is 7. The van der Waals surface area contributed by atoms with Gasteiger partial charge in [0.15, 0.2) is 0 Å². The summed E-state index contributed by atoms with van der Waals surface area (Å²) in [5.41, 5.74) is 0. The largest absolute Gasteiger partial charge is 0.354 e. The summed E-state index contributed by atoms with van der Waals surface area (Å²) in [6, 6.07) is 0.297. The van der Waals surface area contributed by atoms with Crippen molar-refractivity contribution in [2.24, 2.45) is 11.8 Å². The molecule has 0 aromatic rings. The third-order valence-corrected chi connectivity index (χ3v) is 5.25. The predicted octanol–water partition coefficient (Wildman–Crippen LogP) is 1.49. The van der Waals surface area contributed by atoms with E-state index in [0.29, 0.717) is 30.8 Å². The highest BCUT2D eigenvalue weighted by Crippen LogP contribution is 2.28. The van der Waals surface area contributed by atoms with Gasteiger partial charge in [-0.25, -0.2) is 0 Å². The molecule has 0 heterocycles. The quantitative estimate of drug-likeness (QED) is 0.658. The lowest BCUT2D eigenvalue weighted by Gasteiger charge is -2.29. The van der Waals surface area contributed by atoms with Gasteiger partial charge in [-0.2, -0.15) is 0 Å². The van der Waals surface area contributed by atoms with Gasteiger partial charge in [-0.05, 0) is 50.4 Å². The Hall–Kier alpha value is -1.59. The van der Waals surface area contributed by atoms with Crippen molar-refractivity contribution in [3.63, 3.8) is 0 Å². The standard InChI is InChI=1S/C18H31N3O3/c1-13(22)19-12-18(24)20-11-15-6-8-16(9-7-15)21-17(23)10-14-4-2-3-5-14/h14-16H,2-12H2,1H3,(H,19,22)(H,20,24)(H,21,23). The molecule has 2 saturated carbocycles. The van der Waals surface area contributed by atoms with Crippen LogP contribution < -0.4 is 16.0 Å². The maximum absolute atomic E-state index is 12.1. The number of carbonyl (C=O) groups is 3. The molecule has 0 spiro atoms. The van der Waals surface area contributed by atoms with Crippen LogP contribution in [0, 0.1) is 11.8 Å². The third kappa shape index (κ3) is 6.89. The van der Waals surface area contributed by atoms with E-state index in [1.165, 1.54) is 32.6 Å². The second-order valence-electron chi connectivity index (χ2n) is 7.35. The molecular formula is C18H31N3O3.